The predicted octanol–water partition coefficient (Wildman–Crippen LogP) is 1.86. The van der Waals surface area contributed by atoms with Crippen molar-refractivity contribution in [3.05, 3.63) is 35.4 Å². The van der Waals surface area contributed by atoms with Gasteiger partial charge in [0.15, 0.2) is 0 Å². The average molecular weight is 288 g/mol. The number of amides is 1. The standard InChI is InChI=1S/C17H24N2O2/c1-13-3-2-4-14(9-13)11-19(16-5-6-16)17(20)10-15-12-21-8-7-18-15/h2-4,9,15-16,18H,5-8,10-12H2,1H3. The van der Waals surface area contributed by atoms with Crippen molar-refractivity contribution in [3.63, 3.8) is 0 Å². The third-order valence-corrected chi connectivity index (χ3v) is 4.16. The summed E-state index contributed by atoms with van der Waals surface area (Å²) in [5.41, 5.74) is 2.47. The molecular weight excluding hydrogens is 264 g/mol. The van der Waals surface area contributed by atoms with E-state index < -0.39 is 0 Å². The van der Waals surface area contributed by atoms with Gasteiger partial charge in [-0.25, -0.2) is 0 Å². The summed E-state index contributed by atoms with van der Waals surface area (Å²) >= 11 is 0. The summed E-state index contributed by atoms with van der Waals surface area (Å²) in [4.78, 5) is 14.7. The van der Waals surface area contributed by atoms with Crippen molar-refractivity contribution in [1.29, 1.82) is 0 Å². The second-order valence-electron chi connectivity index (χ2n) is 6.17. The molecule has 1 saturated heterocycles. The van der Waals surface area contributed by atoms with Crippen LogP contribution >= 0.6 is 0 Å². The predicted molar refractivity (Wildman–Crippen MR) is 82.0 cm³/mol. The van der Waals surface area contributed by atoms with E-state index in [1.54, 1.807) is 0 Å². The Bertz CT molecular complexity index is 493. The molecule has 1 N–H and O–H groups in total. The molecule has 1 amide bonds. The highest BCUT2D eigenvalue weighted by Crippen LogP contribution is 2.29. The van der Waals surface area contributed by atoms with Crippen molar-refractivity contribution >= 4 is 5.91 Å². The third-order valence-electron chi connectivity index (χ3n) is 4.16. The molecule has 1 aliphatic carbocycles. The van der Waals surface area contributed by atoms with Gasteiger partial charge in [-0.1, -0.05) is 29.8 Å². The van der Waals surface area contributed by atoms with E-state index in [-0.39, 0.29) is 11.9 Å². The monoisotopic (exact) mass is 288 g/mol. The molecule has 114 valence electrons. The van der Waals surface area contributed by atoms with Crippen LogP contribution in [0.25, 0.3) is 0 Å². The largest absolute Gasteiger partial charge is 0.378 e. The number of hydrogen-bond acceptors (Lipinski definition) is 3. The number of nitrogens with zero attached hydrogens (tertiary/aromatic N) is 1. The Hall–Kier alpha value is -1.39. The van der Waals surface area contributed by atoms with Gasteiger partial charge in [0.1, 0.15) is 0 Å². The first kappa shape index (κ1) is 14.5. The molecule has 0 spiro atoms. The highest BCUT2D eigenvalue weighted by Gasteiger charge is 2.33. The van der Waals surface area contributed by atoms with Crippen molar-refractivity contribution in [3.8, 4) is 0 Å². The Morgan fingerprint density at radius 3 is 2.95 bits per heavy atom. The van der Waals surface area contributed by atoms with Gasteiger partial charge >= 0.3 is 0 Å². The van der Waals surface area contributed by atoms with E-state index in [9.17, 15) is 4.79 Å². The molecule has 1 aromatic carbocycles. The van der Waals surface area contributed by atoms with E-state index in [1.807, 2.05) is 0 Å². The summed E-state index contributed by atoms with van der Waals surface area (Å²) in [6.45, 7) is 5.07. The van der Waals surface area contributed by atoms with Crippen molar-refractivity contribution in [2.45, 2.75) is 44.8 Å². The second kappa shape index (κ2) is 6.58. The molecule has 0 radical (unpaired) electrons. The van der Waals surface area contributed by atoms with Crippen molar-refractivity contribution < 1.29 is 9.53 Å². The number of carbonyl (C=O) groups is 1. The number of benzene rings is 1. The van der Waals surface area contributed by atoms with Crippen LogP contribution in [0.3, 0.4) is 0 Å². The van der Waals surface area contributed by atoms with Gasteiger partial charge in [-0.05, 0) is 25.3 Å². The second-order valence-corrected chi connectivity index (χ2v) is 6.17. The smallest absolute Gasteiger partial charge is 0.224 e. The minimum Gasteiger partial charge on any atom is -0.378 e. The number of aryl methyl sites for hydroxylation is 1. The lowest BCUT2D eigenvalue weighted by Gasteiger charge is -2.28. The number of hydrogen-bond donors (Lipinski definition) is 1. The number of morpholine rings is 1. The maximum atomic E-state index is 12.6. The molecule has 21 heavy (non-hydrogen) atoms. The SMILES string of the molecule is Cc1cccc(CN(C(=O)CC2COCCN2)C2CC2)c1. The van der Waals surface area contributed by atoms with Gasteiger partial charge in [0.05, 0.1) is 13.2 Å². The topological polar surface area (TPSA) is 41.6 Å². The Morgan fingerprint density at radius 2 is 2.29 bits per heavy atom. The maximum Gasteiger partial charge on any atom is 0.224 e. The lowest BCUT2D eigenvalue weighted by molar-refractivity contribution is -0.133. The number of rotatable bonds is 5. The number of carbonyl (C=O) groups excluding carboxylic acids is 1. The van der Waals surface area contributed by atoms with Gasteiger partial charge in [-0.2, -0.15) is 0 Å². The molecule has 0 aromatic heterocycles. The Labute approximate surface area is 126 Å². The third kappa shape index (κ3) is 4.05. The Balaban J connectivity index is 1.62. The zero-order valence-electron chi connectivity index (χ0n) is 12.7. The molecule has 2 aliphatic rings. The van der Waals surface area contributed by atoms with Gasteiger partial charge in [0.25, 0.3) is 0 Å². The van der Waals surface area contributed by atoms with Crippen LogP contribution in [-0.4, -0.2) is 42.6 Å². The average Bonchev–Trinajstić information content (AvgIpc) is 3.30. The zero-order chi connectivity index (χ0) is 14.7. The molecule has 1 aromatic rings. The van der Waals surface area contributed by atoms with Gasteiger partial charge in [0.2, 0.25) is 5.91 Å². The van der Waals surface area contributed by atoms with Crippen LogP contribution in [0.5, 0.6) is 0 Å². The summed E-state index contributed by atoms with van der Waals surface area (Å²) in [5, 5.41) is 3.36. The van der Waals surface area contributed by atoms with E-state index in [1.165, 1.54) is 11.1 Å². The Morgan fingerprint density at radius 1 is 1.43 bits per heavy atom. The molecular formula is C17H24N2O2. The van der Waals surface area contributed by atoms with Gasteiger partial charge in [-0.3, -0.25) is 4.79 Å². The van der Waals surface area contributed by atoms with Crippen LogP contribution in [0.4, 0.5) is 0 Å². The minimum atomic E-state index is 0.171. The fraction of sp³-hybridized carbons (Fsp3) is 0.588. The first-order chi connectivity index (χ1) is 10.2. The molecule has 1 atom stereocenters. The highest BCUT2D eigenvalue weighted by atomic mass is 16.5. The minimum absolute atomic E-state index is 0.171. The number of nitrogens with one attached hydrogen (secondary N) is 1. The number of ether oxygens (including phenoxy) is 1. The molecule has 1 aliphatic heterocycles. The van der Waals surface area contributed by atoms with E-state index in [4.69, 9.17) is 4.74 Å². The molecule has 1 saturated carbocycles. The van der Waals surface area contributed by atoms with Crippen molar-refractivity contribution in [2.75, 3.05) is 19.8 Å². The lowest BCUT2D eigenvalue weighted by atomic mass is 10.1. The molecule has 4 heteroatoms. The fourth-order valence-corrected chi connectivity index (χ4v) is 2.89. The summed E-state index contributed by atoms with van der Waals surface area (Å²) in [7, 11) is 0. The Kier molecular flexibility index (Phi) is 4.56. The molecule has 4 nitrogen and oxygen atoms in total. The van der Waals surface area contributed by atoms with Crippen LogP contribution in [0.1, 0.15) is 30.4 Å². The first-order valence-corrected chi connectivity index (χ1v) is 7.88. The molecule has 3 rings (SSSR count). The summed E-state index contributed by atoms with van der Waals surface area (Å²) < 4.78 is 5.44. The van der Waals surface area contributed by atoms with Gasteiger partial charge in [-0.15, -0.1) is 0 Å². The van der Waals surface area contributed by atoms with Crippen molar-refractivity contribution in [1.82, 2.24) is 10.2 Å². The summed E-state index contributed by atoms with van der Waals surface area (Å²) in [6, 6.07) is 9.06. The molecule has 1 heterocycles. The molecule has 1 unspecified atom stereocenters. The normalized spacial score (nSPS) is 22.0. The van der Waals surface area contributed by atoms with Crippen LogP contribution in [0.15, 0.2) is 24.3 Å². The van der Waals surface area contributed by atoms with E-state index in [0.717, 1.165) is 32.5 Å². The van der Waals surface area contributed by atoms with E-state index >= 15 is 0 Å². The van der Waals surface area contributed by atoms with Gasteiger partial charge in [0, 0.05) is 31.6 Å². The van der Waals surface area contributed by atoms with Crippen LogP contribution in [0, 0.1) is 6.92 Å². The van der Waals surface area contributed by atoms with Crippen molar-refractivity contribution in [2.24, 2.45) is 0 Å². The highest BCUT2D eigenvalue weighted by molar-refractivity contribution is 5.77. The first-order valence-electron chi connectivity index (χ1n) is 7.88. The van der Waals surface area contributed by atoms with E-state index in [0.29, 0.717) is 19.1 Å². The zero-order valence-corrected chi connectivity index (χ0v) is 12.7. The quantitative estimate of drug-likeness (QED) is 0.899. The van der Waals surface area contributed by atoms with Crippen LogP contribution in [0.2, 0.25) is 0 Å². The fourth-order valence-electron chi connectivity index (χ4n) is 2.89. The van der Waals surface area contributed by atoms with Gasteiger partial charge < -0.3 is 15.0 Å². The van der Waals surface area contributed by atoms with Crippen LogP contribution in [-0.2, 0) is 16.1 Å². The molecule has 2 fully saturated rings. The lowest BCUT2D eigenvalue weighted by Crippen LogP contribution is -2.45. The maximum absolute atomic E-state index is 12.6. The van der Waals surface area contributed by atoms with E-state index in [2.05, 4.69) is 41.4 Å². The summed E-state index contributed by atoms with van der Waals surface area (Å²) in [5.74, 6) is 0.252. The van der Waals surface area contributed by atoms with Crippen LogP contribution < -0.4 is 5.32 Å². The summed E-state index contributed by atoms with van der Waals surface area (Å²) in [6.07, 6.45) is 2.83. The molecule has 0 bridgehead atoms.